The van der Waals surface area contributed by atoms with Gasteiger partial charge in [0.15, 0.2) is 5.82 Å². The molecule has 2 saturated carbocycles. The number of aromatic nitrogens is 5. The summed E-state index contributed by atoms with van der Waals surface area (Å²) < 4.78 is 0. The third-order valence-electron chi connectivity index (χ3n) is 5.03. The molecule has 0 saturated heterocycles. The molecular formula is C15H22N6. The van der Waals surface area contributed by atoms with Crippen molar-refractivity contribution in [1.29, 1.82) is 0 Å². The van der Waals surface area contributed by atoms with Gasteiger partial charge in [-0.2, -0.15) is 5.10 Å². The monoisotopic (exact) mass is 286 g/mol. The van der Waals surface area contributed by atoms with E-state index < -0.39 is 0 Å². The smallest absolute Gasteiger partial charge is 0.199 e. The van der Waals surface area contributed by atoms with Crippen molar-refractivity contribution in [3.8, 4) is 11.5 Å². The summed E-state index contributed by atoms with van der Waals surface area (Å²) in [6.45, 7) is 0. The van der Waals surface area contributed by atoms with Gasteiger partial charge in [-0.25, -0.2) is 9.97 Å². The minimum atomic E-state index is -0.263. The second-order valence-electron chi connectivity index (χ2n) is 6.53. The SMILES string of the molecule is NC1(c2ncc(-c3n[nH]c(C4CCCCC4)n3)[nH]2)CCC1. The van der Waals surface area contributed by atoms with E-state index in [1.54, 1.807) is 6.20 Å². The molecule has 0 unspecified atom stereocenters. The van der Waals surface area contributed by atoms with Crippen molar-refractivity contribution in [1.82, 2.24) is 25.1 Å². The number of aromatic amines is 2. The summed E-state index contributed by atoms with van der Waals surface area (Å²) in [7, 11) is 0. The van der Waals surface area contributed by atoms with E-state index >= 15 is 0 Å². The summed E-state index contributed by atoms with van der Waals surface area (Å²) in [5.74, 6) is 3.13. The van der Waals surface area contributed by atoms with E-state index in [1.165, 1.54) is 38.5 Å². The number of hydrogen-bond acceptors (Lipinski definition) is 4. The molecule has 21 heavy (non-hydrogen) atoms. The summed E-state index contributed by atoms with van der Waals surface area (Å²) in [6, 6.07) is 0. The van der Waals surface area contributed by atoms with Crippen molar-refractivity contribution in [3.63, 3.8) is 0 Å². The minimum absolute atomic E-state index is 0.263. The normalized spacial score (nSPS) is 22.1. The van der Waals surface area contributed by atoms with Crippen LogP contribution in [0.5, 0.6) is 0 Å². The van der Waals surface area contributed by atoms with E-state index in [0.29, 0.717) is 11.7 Å². The summed E-state index contributed by atoms with van der Waals surface area (Å²) in [5, 5.41) is 7.46. The molecule has 2 aromatic heterocycles. The minimum Gasteiger partial charge on any atom is -0.338 e. The maximum absolute atomic E-state index is 6.30. The first kappa shape index (κ1) is 13.0. The standard InChI is InChI=1S/C15H22N6/c16-15(7-4-8-15)14-17-9-11(18-14)13-19-12(20-21-13)10-5-2-1-3-6-10/h9-10H,1-8,16H2,(H,17,18)(H,19,20,21). The number of rotatable bonds is 3. The molecular weight excluding hydrogens is 264 g/mol. The molecule has 2 fully saturated rings. The topological polar surface area (TPSA) is 96.3 Å². The predicted octanol–water partition coefficient (Wildman–Crippen LogP) is 2.58. The van der Waals surface area contributed by atoms with E-state index in [-0.39, 0.29) is 5.54 Å². The predicted molar refractivity (Wildman–Crippen MR) is 79.5 cm³/mol. The van der Waals surface area contributed by atoms with Gasteiger partial charge in [0, 0.05) is 5.92 Å². The van der Waals surface area contributed by atoms with Gasteiger partial charge in [-0.15, -0.1) is 0 Å². The van der Waals surface area contributed by atoms with E-state index in [4.69, 9.17) is 5.73 Å². The lowest BCUT2D eigenvalue weighted by Gasteiger charge is -2.35. The molecule has 0 radical (unpaired) electrons. The van der Waals surface area contributed by atoms with Gasteiger partial charge in [0.1, 0.15) is 17.3 Å². The van der Waals surface area contributed by atoms with E-state index in [0.717, 1.165) is 30.2 Å². The van der Waals surface area contributed by atoms with Crippen molar-refractivity contribution >= 4 is 0 Å². The molecule has 4 N–H and O–H groups in total. The summed E-state index contributed by atoms with van der Waals surface area (Å²) in [4.78, 5) is 12.4. The van der Waals surface area contributed by atoms with Crippen LogP contribution < -0.4 is 5.73 Å². The number of imidazole rings is 1. The Kier molecular flexibility index (Phi) is 3.06. The Hall–Kier alpha value is -1.69. The number of hydrogen-bond donors (Lipinski definition) is 3. The highest BCUT2D eigenvalue weighted by atomic mass is 15.2. The fraction of sp³-hybridized carbons (Fsp3) is 0.667. The fourth-order valence-corrected chi connectivity index (χ4v) is 3.44. The Morgan fingerprint density at radius 1 is 1.14 bits per heavy atom. The zero-order valence-electron chi connectivity index (χ0n) is 12.2. The fourth-order valence-electron chi connectivity index (χ4n) is 3.44. The van der Waals surface area contributed by atoms with Crippen molar-refractivity contribution in [3.05, 3.63) is 17.8 Å². The zero-order chi connectivity index (χ0) is 14.3. The lowest BCUT2D eigenvalue weighted by atomic mass is 9.77. The molecule has 2 aliphatic carbocycles. The van der Waals surface area contributed by atoms with Crippen LogP contribution in [-0.4, -0.2) is 25.1 Å². The quantitative estimate of drug-likeness (QED) is 0.808. The van der Waals surface area contributed by atoms with Crippen molar-refractivity contribution < 1.29 is 0 Å². The number of H-pyrrole nitrogens is 2. The van der Waals surface area contributed by atoms with Gasteiger partial charge in [-0.3, -0.25) is 5.10 Å². The number of nitrogens with zero attached hydrogens (tertiary/aromatic N) is 3. The van der Waals surface area contributed by atoms with E-state index in [1.807, 2.05) is 0 Å². The van der Waals surface area contributed by atoms with Crippen molar-refractivity contribution in [2.45, 2.75) is 62.8 Å². The molecule has 112 valence electrons. The van der Waals surface area contributed by atoms with E-state index in [9.17, 15) is 0 Å². The summed E-state index contributed by atoms with van der Waals surface area (Å²) in [5.41, 5.74) is 6.89. The van der Waals surface area contributed by atoms with Crippen molar-refractivity contribution in [2.24, 2.45) is 5.73 Å². The average Bonchev–Trinajstić information content (AvgIpc) is 3.14. The molecule has 2 aromatic rings. The molecule has 0 aromatic carbocycles. The number of nitrogens with two attached hydrogens (primary N) is 1. The largest absolute Gasteiger partial charge is 0.338 e. The molecule has 2 aliphatic rings. The molecule has 0 spiro atoms. The third kappa shape index (κ3) is 2.27. The van der Waals surface area contributed by atoms with Crippen LogP contribution in [0.2, 0.25) is 0 Å². The van der Waals surface area contributed by atoms with Gasteiger partial charge in [0.05, 0.1) is 11.7 Å². The van der Waals surface area contributed by atoms with Crippen LogP contribution in [0.3, 0.4) is 0 Å². The van der Waals surface area contributed by atoms with Crippen LogP contribution in [-0.2, 0) is 5.54 Å². The Morgan fingerprint density at radius 3 is 2.67 bits per heavy atom. The molecule has 0 atom stereocenters. The molecule has 0 amide bonds. The maximum Gasteiger partial charge on any atom is 0.199 e. The molecule has 6 heteroatoms. The molecule has 6 nitrogen and oxygen atoms in total. The van der Waals surface area contributed by atoms with Crippen LogP contribution in [0.4, 0.5) is 0 Å². The average molecular weight is 286 g/mol. The zero-order valence-corrected chi connectivity index (χ0v) is 12.2. The first-order chi connectivity index (χ1) is 10.2. The Bertz CT molecular complexity index is 618. The van der Waals surface area contributed by atoms with Crippen LogP contribution in [0, 0.1) is 0 Å². The van der Waals surface area contributed by atoms with Gasteiger partial charge in [0.25, 0.3) is 0 Å². The third-order valence-corrected chi connectivity index (χ3v) is 5.03. The Labute approximate surface area is 124 Å². The van der Waals surface area contributed by atoms with Gasteiger partial charge in [-0.05, 0) is 32.1 Å². The van der Waals surface area contributed by atoms with Crippen LogP contribution in [0.15, 0.2) is 6.20 Å². The summed E-state index contributed by atoms with van der Waals surface area (Å²) in [6.07, 6.45) is 11.4. The Morgan fingerprint density at radius 2 is 1.95 bits per heavy atom. The number of nitrogens with one attached hydrogen (secondary N) is 2. The molecule has 2 heterocycles. The highest BCUT2D eigenvalue weighted by Gasteiger charge is 2.37. The second kappa shape index (κ2) is 4.94. The van der Waals surface area contributed by atoms with Gasteiger partial charge in [0.2, 0.25) is 0 Å². The Balaban J connectivity index is 1.55. The van der Waals surface area contributed by atoms with E-state index in [2.05, 4.69) is 25.1 Å². The highest BCUT2D eigenvalue weighted by molar-refractivity contribution is 5.48. The molecule has 0 aliphatic heterocycles. The first-order valence-electron chi connectivity index (χ1n) is 8.02. The maximum atomic E-state index is 6.30. The lowest BCUT2D eigenvalue weighted by Crippen LogP contribution is -2.44. The van der Waals surface area contributed by atoms with Gasteiger partial charge >= 0.3 is 0 Å². The van der Waals surface area contributed by atoms with Crippen LogP contribution in [0.1, 0.15) is 68.9 Å². The highest BCUT2D eigenvalue weighted by Crippen LogP contribution is 2.37. The summed E-state index contributed by atoms with van der Waals surface area (Å²) >= 11 is 0. The molecule has 0 bridgehead atoms. The second-order valence-corrected chi connectivity index (χ2v) is 6.53. The van der Waals surface area contributed by atoms with Crippen LogP contribution >= 0.6 is 0 Å². The first-order valence-corrected chi connectivity index (χ1v) is 8.02. The van der Waals surface area contributed by atoms with Crippen molar-refractivity contribution in [2.75, 3.05) is 0 Å². The lowest BCUT2D eigenvalue weighted by molar-refractivity contribution is 0.240. The van der Waals surface area contributed by atoms with Crippen LogP contribution in [0.25, 0.3) is 11.5 Å². The molecule has 4 rings (SSSR count). The van der Waals surface area contributed by atoms with Gasteiger partial charge < -0.3 is 10.7 Å². The van der Waals surface area contributed by atoms with Gasteiger partial charge in [-0.1, -0.05) is 19.3 Å².